The van der Waals surface area contributed by atoms with Crippen LogP contribution in [-0.4, -0.2) is 55.4 Å². The second kappa shape index (κ2) is 7.67. The molecule has 146 valence electrons. The Morgan fingerprint density at radius 2 is 1.82 bits per heavy atom. The first-order valence-electron chi connectivity index (χ1n) is 9.30. The number of nitrogens with zero attached hydrogens (tertiary/aromatic N) is 5. The van der Waals surface area contributed by atoms with Crippen LogP contribution in [-0.2, 0) is 0 Å². The summed E-state index contributed by atoms with van der Waals surface area (Å²) in [7, 11) is 0. The van der Waals surface area contributed by atoms with Crippen molar-refractivity contribution in [2.24, 2.45) is 0 Å². The predicted octanol–water partition coefficient (Wildman–Crippen LogP) is 3.81. The lowest BCUT2D eigenvalue weighted by Crippen LogP contribution is -2.37. The van der Waals surface area contributed by atoms with E-state index in [-0.39, 0.29) is 5.91 Å². The summed E-state index contributed by atoms with van der Waals surface area (Å²) in [5.41, 5.74) is 5.87. The molecule has 1 amide bonds. The summed E-state index contributed by atoms with van der Waals surface area (Å²) < 4.78 is 1.84. The maximum atomic E-state index is 12.9. The van der Waals surface area contributed by atoms with E-state index in [2.05, 4.69) is 41.3 Å². The molecule has 1 aromatic carbocycles. The molecule has 1 fully saturated rings. The zero-order valence-corrected chi connectivity index (χ0v) is 18.2. The number of hydrogen-bond acceptors (Lipinski definition) is 6. The largest absolute Gasteiger partial charge is 0.336 e. The van der Waals surface area contributed by atoms with Crippen LogP contribution in [0.15, 0.2) is 18.2 Å². The van der Waals surface area contributed by atoms with Gasteiger partial charge in [0.25, 0.3) is 5.91 Å². The van der Waals surface area contributed by atoms with Crippen molar-refractivity contribution in [2.75, 3.05) is 24.6 Å². The number of thioether (sulfide) groups is 1. The van der Waals surface area contributed by atoms with Crippen LogP contribution in [0.3, 0.4) is 0 Å². The lowest BCUT2D eigenvalue weighted by molar-refractivity contribution is 0.0776. The normalized spacial score (nSPS) is 14.5. The van der Waals surface area contributed by atoms with E-state index in [1.165, 1.54) is 22.5 Å². The summed E-state index contributed by atoms with van der Waals surface area (Å²) in [6.07, 6.45) is 0. The predicted molar refractivity (Wildman–Crippen MR) is 115 cm³/mol. The van der Waals surface area contributed by atoms with Gasteiger partial charge in [-0.15, -0.1) is 16.4 Å². The second-order valence-corrected chi connectivity index (χ2v) is 9.27. The number of carbonyl (C=O) groups is 1. The van der Waals surface area contributed by atoms with Crippen LogP contribution in [0.25, 0.3) is 16.4 Å². The molecule has 0 aliphatic carbocycles. The minimum Gasteiger partial charge on any atom is -0.336 e. The standard InChI is InChI=1S/C20H23N5OS2/c1-12-5-6-16(11-13(12)2)25-15(4)17(22-23-25)19-21-14(3)18(28-19)20(26)24-7-9-27-10-8-24/h5-6,11H,7-10H2,1-4H3. The van der Waals surface area contributed by atoms with Gasteiger partial charge < -0.3 is 4.90 Å². The molecular weight excluding hydrogens is 390 g/mol. The molecule has 0 atom stereocenters. The Morgan fingerprint density at radius 3 is 2.54 bits per heavy atom. The Kier molecular flexibility index (Phi) is 5.25. The molecule has 6 nitrogen and oxygen atoms in total. The van der Waals surface area contributed by atoms with Crippen LogP contribution in [0.5, 0.6) is 0 Å². The first kappa shape index (κ1) is 19.1. The fourth-order valence-corrected chi connectivity index (χ4v) is 5.21. The minimum absolute atomic E-state index is 0.0840. The van der Waals surface area contributed by atoms with Crippen LogP contribution in [0, 0.1) is 27.7 Å². The highest BCUT2D eigenvalue weighted by atomic mass is 32.2. The van der Waals surface area contributed by atoms with E-state index < -0.39 is 0 Å². The molecular formula is C20H23N5OS2. The number of hydrogen-bond donors (Lipinski definition) is 0. The zero-order chi connectivity index (χ0) is 19.8. The van der Waals surface area contributed by atoms with Gasteiger partial charge in [0.15, 0.2) is 0 Å². The third kappa shape index (κ3) is 3.46. The number of amides is 1. The Morgan fingerprint density at radius 1 is 1.07 bits per heavy atom. The van der Waals surface area contributed by atoms with Crippen LogP contribution in [0.2, 0.25) is 0 Å². The molecule has 0 unspecified atom stereocenters. The van der Waals surface area contributed by atoms with E-state index in [0.29, 0.717) is 4.88 Å². The van der Waals surface area contributed by atoms with Gasteiger partial charge in [-0.25, -0.2) is 9.67 Å². The molecule has 8 heteroatoms. The van der Waals surface area contributed by atoms with Crippen molar-refractivity contribution < 1.29 is 4.79 Å². The lowest BCUT2D eigenvalue weighted by Gasteiger charge is -2.25. The average molecular weight is 414 g/mol. The highest BCUT2D eigenvalue weighted by Crippen LogP contribution is 2.31. The van der Waals surface area contributed by atoms with Crippen molar-refractivity contribution in [2.45, 2.75) is 27.7 Å². The Hall–Kier alpha value is -2.19. The summed E-state index contributed by atoms with van der Waals surface area (Å²) in [5, 5.41) is 9.47. The highest BCUT2D eigenvalue weighted by molar-refractivity contribution is 7.99. The van der Waals surface area contributed by atoms with Crippen molar-refractivity contribution in [3.63, 3.8) is 0 Å². The quantitative estimate of drug-likeness (QED) is 0.653. The lowest BCUT2D eigenvalue weighted by atomic mass is 10.1. The SMILES string of the molecule is Cc1ccc(-n2nnc(-c3nc(C)c(C(=O)N4CCSCC4)s3)c2C)cc1C. The Labute approximate surface area is 173 Å². The van der Waals surface area contributed by atoms with Gasteiger partial charge in [-0.2, -0.15) is 11.8 Å². The maximum Gasteiger partial charge on any atom is 0.265 e. The van der Waals surface area contributed by atoms with Gasteiger partial charge in [-0.05, 0) is 51.0 Å². The first-order chi connectivity index (χ1) is 13.5. The molecule has 1 saturated heterocycles. The monoisotopic (exact) mass is 413 g/mol. The van der Waals surface area contributed by atoms with E-state index in [4.69, 9.17) is 0 Å². The van der Waals surface area contributed by atoms with Gasteiger partial charge in [-0.3, -0.25) is 4.79 Å². The van der Waals surface area contributed by atoms with E-state index in [0.717, 1.165) is 52.4 Å². The molecule has 3 aromatic rings. The zero-order valence-electron chi connectivity index (χ0n) is 16.5. The third-order valence-electron chi connectivity index (χ3n) is 5.12. The molecule has 4 rings (SSSR count). The van der Waals surface area contributed by atoms with Gasteiger partial charge >= 0.3 is 0 Å². The summed E-state index contributed by atoms with van der Waals surface area (Å²) in [4.78, 5) is 20.2. The van der Waals surface area contributed by atoms with Crippen molar-refractivity contribution in [3.8, 4) is 16.4 Å². The summed E-state index contributed by atoms with van der Waals surface area (Å²) in [5.74, 6) is 2.08. The highest BCUT2D eigenvalue weighted by Gasteiger charge is 2.25. The average Bonchev–Trinajstić information content (AvgIpc) is 3.26. The third-order valence-corrected chi connectivity index (χ3v) is 7.22. The molecule has 0 saturated carbocycles. The molecule has 3 heterocycles. The van der Waals surface area contributed by atoms with Gasteiger partial charge in [0.2, 0.25) is 0 Å². The van der Waals surface area contributed by atoms with E-state index in [1.807, 2.05) is 41.3 Å². The molecule has 1 aliphatic rings. The van der Waals surface area contributed by atoms with E-state index in [9.17, 15) is 4.79 Å². The molecule has 28 heavy (non-hydrogen) atoms. The first-order valence-corrected chi connectivity index (χ1v) is 11.3. The smallest absolute Gasteiger partial charge is 0.265 e. The van der Waals surface area contributed by atoms with Crippen LogP contribution in [0.1, 0.15) is 32.2 Å². The molecule has 2 aromatic heterocycles. The molecule has 0 N–H and O–H groups in total. The van der Waals surface area contributed by atoms with E-state index in [1.54, 1.807) is 0 Å². The number of aryl methyl sites for hydroxylation is 3. The number of rotatable bonds is 3. The number of carbonyl (C=O) groups excluding carboxylic acids is 1. The van der Waals surface area contributed by atoms with Gasteiger partial charge in [0, 0.05) is 24.6 Å². The van der Waals surface area contributed by atoms with Crippen LogP contribution < -0.4 is 0 Å². The van der Waals surface area contributed by atoms with Crippen molar-refractivity contribution in [1.82, 2.24) is 24.9 Å². The van der Waals surface area contributed by atoms with Gasteiger partial charge in [0.05, 0.1) is 17.1 Å². The Balaban J connectivity index is 1.66. The van der Waals surface area contributed by atoms with Gasteiger partial charge in [-0.1, -0.05) is 11.3 Å². The summed E-state index contributed by atoms with van der Waals surface area (Å²) in [6.45, 7) is 9.68. The molecule has 0 radical (unpaired) electrons. The second-order valence-electron chi connectivity index (χ2n) is 7.04. The van der Waals surface area contributed by atoms with Crippen molar-refractivity contribution in [1.29, 1.82) is 0 Å². The number of benzene rings is 1. The van der Waals surface area contributed by atoms with Crippen LogP contribution in [0.4, 0.5) is 0 Å². The van der Waals surface area contributed by atoms with E-state index >= 15 is 0 Å². The minimum atomic E-state index is 0.0840. The Bertz CT molecular complexity index is 1030. The molecule has 0 bridgehead atoms. The van der Waals surface area contributed by atoms with Crippen LogP contribution >= 0.6 is 23.1 Å². The van der Waals surface area contributed by atoms with Crippen molar-refractivity contribution in [3.05, 3.63) is 45.6 Å². The molecule has 0 spiro atoms. The number of aromatic nitrogens is 4. The number of thiazole rings is 1. The fourth-order valence-electron chi connectivity index (χ4n) is 3.24. The summed E-state index contributed by atoms with van der Waals surface area (Å²) in [6, 6.07) is 6.24. The van der Waals surface area contributed by atoms with Gasteiger partial charge in [0.1, 0.15) is 15.6 Å². The van der Waals surface area contributed by atoms with Crippen molar-refractivity contribution >= 4 is 29.0 Å². The topological polar surface area (TPSA) is 63.9 Å². The molecule has 1 aliphatic heterocycles. The maximum absolute atomic E-state index is 12.9. The fraction of sp³-hybridized carbons (Fsp3) is 0.400. The summed E-state index contributed by atoms with van der Waals surface area (Å²) >= 11 is 3.31.